The molecule has 24 heavy (non-hydrogen) atoms. The fourth-order valence-electron chi connectivity index (χ4n) is 2.88. The molecule has 0 radical (unpaired) electrons. The highest BCUT2D eigenvalue weighted by molar-refractivity contribution is 5.68. The number of carbonyl (C=O) groups is 1. The molecule has 1 aliphatic heterocycles. The van der Waals surface area contributed by atoms with Gasteiger partial charge in [-0.1, -0.05) is 24.3 Å². The fraction of sp³-hybridized carbons (Fsp3) is 0.550. The van der Waals surface area contributed by atoms with Crippen LogP contribution in [0.1, 0.15) is 52.0 Å². The maximum absolute atomic E-state index is 12.4. The van der Waals surface area contributed by atoms with Crippen molar-refractivity contribution in [2.75, 3.05) is 13.7 Å². The van der Waals surface area contributed by atoms with Crippen LogP contribution in [0.5, 0.6) is 5.75 Å². The van der Waals surface area contributed by atoms with Crippen LogP contribution in [0, 0.1) is 0 Å². The van der Waals surface area contributed by atoms with Crippen LogP contribution in [-0.4, -0.2) is 36.3 Å². The molecule has 1 atom stereocenters. The average molecular weight is 331 g/mol. The van der Waals surface area contributed by atoms with Gasteiger partial charge in [-0.3, -0.25) is 0 Å². The minimum absolute atomic E-state index is 0.190. The van der Waals surface area contributed by atoms with E-state index in [1.165, 1.54) is 6.42 Å². The van der Waals surface area contributed by atoms with Crippen molar-refractivity contribution in [1.82, 2.24) is 4.90 Å². The number of benzene rings is 1. The number of nitrogens with zero attached hydrogens (tertiary/aromatic N) is 1. The summed E-state index contributed by atoms with van der Waals surface area (Å²) in [5.74, 6) is 0.857. The minimum atomic E-state index is -0.446. The minimum Gasteiger partial charge on any atom is -0.497 e. The van der Waals surface area contributed by atoms with Crippen LogP contribution in [0.3, 0.4) is 0 Å². The number of rotatable bonds is 4. The van der Waals surface area contributed by atoms with Gasteiger partial charge in [-0.05, 0) is 64.2 Å². The Bertz CT molecular complexity index is 557. The summed E-state index contributed by atoms with van der Waals surface area (Å²) in [6.07, 6.45) is 8.16. The molecule has 0 spiro atoms. The van der Waals surface area contributed by atoms with Gasteiger partial charge in [0.1, 0.15) is 11.4 Å². The van der Waals surface area contributed by atoms with Gasteiger partial charge in [-0.2, -0.15) is 0 Å². The molecule has 1 aromatic rings. The van der Waals surface area contributed by atoms with Gasteiger partial charge in [-0.15, -0.1) is 0 Å². The number of hydrogen-bond acceptors (Lipinski definition) is 3. The van der Waals surface area contributed by atoms with Crippen molar-refractivity contribution in [3.8, 4) is 5.75 Å². The van der Waals surface area contributed by atoms with E-state index >= 15 is 0 Å². The standard InChI is InChI=1S/C20H29NO3/c1-20(2,3)24-19(22)21-15-6-5-9-17(21)10-7-8-16-11-13-18(23-4)14-12-16/h7-8,11-14,17H,5-6,9-10,15H2,1-4H3/b8-7+. The molecule has 4 nitrogen and oxygen atoms in total. The summed E-state index contributed by atoms with van der Waals surface area (Å²) in [5.41, 5.74) is 0.688. The largest absolute Gasteiger partial charge is 0.497 e. The van der Waals surface area contributed by atoms with Crippen LogP contribution < -0.4 is 4.74 Å². The van der Waals surface area contributed by atoms with Crippen LogP contribution in [0.15, 0.2) is 30.3 Å². The van der Waals surface area contributed by atoms with Crippen LogP contribution in [0.25, 0.3) is 6.08 Å². The van der Waals surface area contributed by atoms with E-state index in [4.69, 9.17) is 9.47 Å². The molecule has 132 valence electrons. The zero-order valence-corrected chi connectivity index (χ0v) is 15.2. The highest BCUT2D eigenvalue weighted by Gasteiger charge is 2.29. The number of piperidine rings is 1. The lowest BCUT2D eigenvalue weighted by atomic mass is 9.99. The molecular formula is C20H29NO3. The van der Waals surface area contributed by atoms with Gasteiger partial charge in [-0.25, -0.2) is 4.79 Å². The zero-order chi connectivity index (χ0) is 17.6. The second-order valence-electron chi connectivity index (χ2n) is 7.23. The molecular weight excluding hydrogens is 302 g/mol. The molecule has 2 rings (SSSR count). The van der Waals surface area contributed by atoms with E-state index < -0.39 is 5.60 Å². The second kappa shape index (κ2) is 8.22. The lowest BCUT2D eigenvalue weighted by Crippen LogP contribution is -2.45. The average Bonchev–Trinajstić information content (AvgIpc) is 2.54. The van der Waals surface area contributed by atoms with Gasteiger partial charge in [0, 0.05) is 12.6 Å². The Hall–Kier alpha value is -1.97. The summed E-state index contributed by atoms with van der Waals surface area (Å²) in [6.45, 7) is 6.52. The molecule has 0 aromatic heterocycles. The van der Waals surface area contributed by atoms with Gasteiger partial charge in [0.15, 0.2) is 0 Å². The van der Waals surface area contributed by atoms with E-state index in [1.54, 1.807) is 7.11 Å². The Kier molecular flexibility index (Phi) is 6.29. The number of carbonyl (C=O) groups excluding carboxylic acids is 1. The van der Waals surface area contributed by atoms with Crippen molar-refractivity contribution in [2.24, 2.45) is 0 Å². The van der Waals surface area contributed by atoms with Crippen LogP contribution in [0.2, 0.25) is 0 Å². The van der Waals surface area contributed by atoms with Gasteiger partial charge >= 0.3 is 6.09 Å². The normalized spacial score (nSPS) is 18.7. The molecule has 0 saturated carbocycles. The molecule has 1 fully saturated rings. The molecule has 0 aliphatic carbocycles. The van der Waals surface area contributed by atoms with E-state index in [-0.39, 0.29) is 12.1 Å². The quantitative estimate of drug-likeness (QED) is 0.788. The number of methoxy groups -OCH3 is 1. The van der Waals surface area contributed by atoms with Crippen LogP contribution in [-0.2, 0) is 4.74 Å². The number of hydrogen-bond donors (Lipinski definition) is 0. The third kappa shape index (κ3) is 5.59. The summed E-state index contributed by atoms with van der Waals surface area (Å²) >= 11 is 0. The zero-order valence-electron chi connectivity index (χ0n) is 15.2. The predicted molar refractivity (Wildman–Crippen MR) is 97.2 cm³/mol. The first-order chi connectivity index (χ1) is 11.4. The van der Waals surface area contributed by atoms with E-state index in [2.05, 4.69) is 12.2 Å². The van der Waals surface area contributed by atoms with E-state index in [1.807, 2.05) is 49.9 Å². The lowest BCUT2D eigenvalue weighted by Gasteiger charge is -2.36. The maximum atomic E-state index is 12.4. The summed E-state index contributed by atoms with van der Waals surface area (Å²) in [4.78, 5) is 14.3. The Labute approximate surface area is 145 Å². The lowest BCUT2D eigenvalue weighted by molar-refractivity contribution is 0.0103. The molecule has 0 bridgehead atoms. The first-order valence-electron chi connectivity index (χ1n) is 8.69. The molecule has 1 saturated heterocycles. The first-order valence-corrected chi connectivity index (χ1v) is 8.69. The highest BCUT2D eigenvalue weighted by Crippen LogP contribution is 2.23. The maximum Gasteiger partial charge on any atom is 0.410 e. The predicted octanol–water partition coefficient (Wildman–Crippen LogP) is 4.89. The SMILES string of the molecule is COc1ccc(/C=C/CC2CCCCN2C(=O)OC(C)(C)C)cc1. The first kappa shape index (κ1) is 18.4. The molecule has 1 unspecified atom stereocenters. The number of ether oxygens (including phenoxy) is 2. The van der Waals surface area contributed by atoms with Crippen molar-refractivity contribution >= 4 is 12.2 Å². The number of likely N-dealkylation sites (tertiary alicyclic amines) is 1. The van der Waals surface area contributed by atoms with Crippen molar-refractivity contribution in [3.05, 3.63) is 35.9 Å². The summed E-state index contributed by atoms with van der Waals surface area (Å²) < 4.78 is 10.7. The van der Waals surface area contributed by atoms with Gasteiger partial charge in [0.25, 0.3) is 0 Å². The second-order valence-corrected chi connectivity index (χ2v) is 7.23. The van der Waals surface area contributed by atoms with Crippen molar-refractivity contribution < 1.29 is 14.3 Å². The molecule has 1 aliphatic rings. The molecule has 1 aromatic carbocycles. The van der Waals surface area contributed by atoms with Crippen molar-refractivity contribution in [1.29, 1.82) is 0 Å². The summed E-state index contributed by atoms with van der Waals surface area (Å²) in [6, 6.07) is 8.19. The summed E-state index contributed by atoms with van der Waals surface area (Å²) in [5, 5.41) is 0. The Morgan fingerprint density at radius 1 is 1.25 bits per heavy atom. The topological polar surface area (TPSA) is 38.8 Å². The van der Waals surface area contributed by atoms with E-state index in [0.29, 0.717) is 0 Å². The van der Waals surface area contributed by atoms with Gasteiger partial charge < -0.3 is 14.4 Å². The Balaban J connectivity index is 1.95. The summed E-state index contributed by atoms with van der Waals surface area (Å²) in [7, 11) is 1.67. The van der Waals surface area contributed by atoms with Crippen molar-refractivity contribution in [3.63, 3.8) is 0 Å². The van der Waals surface area contributed by atoms with Crippen molar-refractivity contribution in [2.45, 2.75) is 58.1 Å². The molecule has 1 amide bonds. The monoisotopic (exact) mass is 331 g/mol. The third-order valence-corrected chi connectivity index (χ3v) is 4.09. The highest BCUT2D eigenvalue weighted by atomic mass is 16.6. The smallest absolute Gasteiger partial charge is 0.410 e. The van der Waals surface area contributed by atoms with E-state index in [9.17, 15) is 4.79 Å². The van der Waals surface area contributed by atoms with E-state index in [0.717, 1.165) is 37.1 Å². The van der Waals surface area contributed by atoms with Crippen LogP contribution >= 0.6 is 0 Å². The molecule has 1 heterocycles. The Morgan fingerprint density at radius 3 is 2.58 bits per heavy atom. The molecule has 4 heteroatoms. The third-order valence-electron chi connectivity index (χ3n) is 4.09. The number of amides is 1. The Morgan fingerprint density at radius 2 is 1.96 bits per heavy atom. The van der Waals surface area contributed by atoms with Gasteiger partial charge in [0.05, 0.1) is 7.11 Å². The fourth-order valence-corrected chi connectivity index (χ4v) is 2.88. The van der Waals surface area contributed by atoms with Gasteiger partial charge in [0.2, 0.25) is 0 Å². The van der Waals surface area contributed by atoms with Crippen LogP contribution in [0.4, 0.5) is 4.79 Å². The molecule has 0 N–H and O–H groups in total.